The normalized spacial score (nSPS) is 10.6. The van der Waals surface area contributed by atoms with Crippen LogP contribution >= 0.6 is 11.3 Å². The lowest BCUT2D eigenvalue weighted by atomic mass is 10.1. The highest BCUT2D eigenvalue weighted by Gasteiger charge is 2.12. The van der Waals surface area contributed by atoms with Gasteiger partial charge in [-0.25, -0.2) is 15.8 Å². The predicted octanol–water partition coefficient (Wildman–Crippen LogP) is 3.77. The molecule has 0 atom stereocenters. The Morgan fingerprint density at radius 2 is 1.81 bits per heavy atom. The van der Waals surface area contributed by atoms with E-state index < -0.39 is 0 Å². The van der Waals surface area contributed by atoms with E-state index in [2.05, 4.69) is 30.3 Å². The zero-order valence-corrected chi connectivity index (χ0v) is 12.7. The number of anilines is 1. The van der Waals surface area contributed by atoms with Crippen LogP contribution in [0.5, 0.6) is 0 Å². The summed E-state index contributed by atoms with van der Waals surface area (Å²) in [5.41, 5.74) is 5.59. The number of aryl methyl sites for hydroxylation is 2. The number of hydrazine groups is 1. The third-order valence-corrected chi connectivity index (χ3v) is 4.19. The highest BCUT2D eigenvalue weighted by Crippen LogP contribution is 2.30. The molecule has 2 aromatic heterocycles. The van der Waals surface area contributed by atoms with Gasteiger partial charge in [0.1, 0.15) is 5.82 Å². The minimum atomic E-state index is 0.613. The molecule has 0 aliphatic heterocycles. The van der Waals surface area contributed by atoms with Gasteiger partial charge in [-0.2, -0.15) is 0 Å². The van der Waals surface area contributed by atoms with E-state index in [4.69, 9.17) is 10.8 Å². The summed E-state index contributed by atoms with van der Waals surface area (Å²) in [5, 5.41) is 0. The van der Waals surface area contributed by atoms with Crippen molar-refractivity contribution in [2.75, 3.05) is 5.43 Å². The molecule has 2 heterocycles. The fourth-order valence-corrected chi connectivity index (χ4v) is 3.17. The first kappa shape index (κ1) is 13.7. The molecule has 21 heavy (non-hydrogen) atoms. The summed E-state index contributed by atoms with van der Waals surface area (Å²) < 4.78 is 0. The van der Waals surface area contributed by atoms with Crippen LogP contribution in [-0.2, 0) is 0 Å². The highest BCUT2D eigenvalue weighted by atomic mass is 32.1. The van der Waals surface area contributed by atoms with Gasteiger partial charge < -0.3 is 5.43 Å². The van der Waals surface area contributed by atoms with Gasteiger partial charge in [-0.05, 0) is 19.9 Å². The van der Waals surface area contributed by atoms with E-state index in [0.29, 0.717) is 11.6 Å². The van der Waals surface area contributed by atoms with Gasteiger partial charge in [0, 0.05) is 26.9 Å². The molecule has 0 aliphatic rings. The summed E-state index contributed by atoms with van der Waals surface area (Å²) in [6.45, 7) is 4.17. The van der Waals surface area contributed by atoms with Crippen molar-refractivity contribution in [3.63, 3.8) is 0 Å². The van der Waals surface area contributed by atoms with Gasteiger partial charge >= 0.3 is 0 Å². The van der Waals surface area contributed by atoms with Crippen LogP contribution in [0.25, 0.3) is 22.6 Å². The molecule has 0 aliphatic carbocycles. The summed E-state index contributed by atoms with van der Waals surface area (Å²) >= 11 is 1.75. The topological polar surface area (TPSA) is 63.8 Å². The molecule has 0 amide bonds. The first-order chi connectivity index (χ1) is 10.2. The maximum Gasteiger partial charge on any atom is 0.163 e. The zero-order chi connectivity index (χ0) is 14.8. The Morgan fingerprint density at radius 1 is 1.05 bits per heavy atom. The van der Waals surface area contributed by atoms with Crippen molar-refractivity contribution in [3.8, 4) is 22.6 Å². The molecule has 3 N–H and O–H groups in total. The average molecular weight is 296 g/mol. The van der Waals surface area contributed by atoms with Crippen LogP contribution in [0, 0.1) is 13.8 Å². The van der Waals surface area contributed by atoms with E-state index in [0.717, 1.165) is 16.8 Å². The summed E-state index contributed by atoms with van der Waals surface area (Å²) in [7, 11) is 0. The van der Waals surface area contributed by atoms with Gasteiger partial charge in [-0.3, -0.25) is 0 Å². The van der Waals surface area contributed by atoms with Crippen LogP contribution in [0.4, 0.5) is 5.82 Å². The molecule has 0 bridgehead atoms. The number of hydrogen-bond donors (Lipinski definition) is 2. The number of hydrogen-bond acceptors (Lipinski definition) is 5. The number of thiophene rings is 1. The molecule has 0 fully saturated rings. The van der Waals surface area contributed by atoms with Crippen molar-refractivity contribution in [2.24, 2.45) is 5.84 Å². The second-order valence-electron chi connectivity index (χ2n) is 4.80. The van der Waals surface area contributed by atoms with E-state index in [1.165, 1.54) is 9.75 Å². The van der Waals surface area contributed by atoms with Crippen molar-refractivity contribution in [2.45, 2.75) is 13.8 Å². The molecule has 0 spiro atoms. The average Bonchev–Trinajstić information content (AvgIpc) is 2.86. The number of nitrogens with zero attached hydrogens (tertiary/aromatic N) is 2. The largest absolute Gasteiger partial charge is 0.308 e. The van der Waals surface area contributed by atoms with Crippen LogP contribution in [0.2, 0.25) is 0 Å². The number of nitrogens with one attached hydrogen (secondary N) is 1. The van der Waals surface area contributed by atoms with Gasteiger partial charge in [0.25, 0.3) is 0 Å². The summed E-state index contributed by atoms with van der Waals surface area (Å²) in [6, 6.07) is 14.0. The van der Waals surface area contributed by atoms with Crippen LogP contribution in [0.1, 0.15) is 9.75 Å². The number of rotatable bonds is 3. The van der Waals surface area contributed by atoms with Gasteiger partial charge in [0.2, 0.25) is 0 Å². The van der Waals surface area contributed by atoms with Crippen LogP contribution in [-0.4, -0.2) is 9.97 Å². The minimum Gasteiger partial charge on any atom is -0.308 e. The number of aromatic nitrogens is 2. The number of benzene rings is 1. The minimum absolute atomic E-state index is 0.613. The molecule has 5 heteroatoms. The van der Waals surface area contributed by atoms with E-state index in [-0.39, 0.29) is 0 Å². The Morgan fingerprint density at radius 3 is 2.43 bits per heavy atom. The molecule has 3 rings (SSSR count). The Bertz CT molecular complexity index is 765. The Balaban J connectivity index is 2.16. The molecular weight excluding hydrogens is 280 g/mol. The van der Waals surface area contributed by atoms with Crippen LogP contribution < -0.4 is 11.3 Å². The Labute approximate surface area is 127 Å². The van der Waals surface area contributed by atoms with Crippen molar-refractivity contribution < 1.29 is 0 Å². The van der Waals surface area contributed by atoms with E-state index in [1.807, 2.05) is 36.4 Å². The zero-order valence-electron chi connectivity index (χ0n) is 11.9. The number of nitrogens with two attached hydrogens (primary N) is 1. The van der Waals surface area contributed by atoms with Gasteiger partial charge in [-0.1, -0.05) is 30.3 Å². The second kappa shape index (κ2) is 5.63. The molecule has 3 aromatic rings. The van der Waals surface area contributed by atoms with Crippen molar-refractivity contribution in [1.82, 2.24) is 9.97 Å². The molecule has 4 nitrogen and oxygen atoms in total. The lowest BCUT2D eigenvalue weighted by Crippen LogP contribution is -2.10. The summed E-state index contributed by atoms with van der Waals surface area (Å²) in [5.74, 6) is 6.86. The first-order valence-corrected chi connectivity index (χ1v) is 7.47. The van der Waals surface area contributed by atoms with Crippen LogP contribution in [0.3, 0.4) is 0 Å². The molecular formula is C16H16N4S. The standard InChI is InChI=1S/C16H16N4S/c1-10-8-13(11(2)21-10)16-18-14(9-15(19-16)20-17)12-6-4-3-5-7-12/h3-9H,17H2,1-2H3,(H,18,19,20). The van der Waals surface area contributed by atoms with Crippen molar-refractivity contribution >= 4 is 17.2 Å². The molecule has 0 unspecified atom stereocenters. The fraction of sp³-hybridized carbons (Fsp3) is 0.125. The van der Waals surface area contributed by atoms with E-state index >= 15 is 0 Å². The Kier molecular flexibility index (Phi) is 3.68. The van der Waals surface area contributed by atoms with Crippen molar-refractivity contribution in [3.05, 3.63) is 52.2 Å². The van der Waals surface area contributed by atoms with E-state index in [1.54, 1.807) is 11.3 Å². The maximum absolute atomic E-state index is 5.55. The maximum atomic E-state index is 5.55. The summed E-state index contributed by atoms with van der Waals surface area (Å²) in [4.78, 5) is 11.6. The van der Waals surface area contributed by atoms with Gasteiger partial charge in [0.05, 0.1) is 5.69 Å². The fourth-order valence-electron chi connectivity index (χ4n) is 2.25. The summed E-state index contributed by atoms with van der Waals surface area (Å²) in [6.07, 6.45) is 0. The smallest absolute Gasteiger partial charge is 0.163 e. The number of nitrogen functional groups attached to an aromatic ring is 1. The van der Waals surface area contributed by atoms with Crippen molar-refractivity contribution in [1.29, 1.82) is 0 Å². The quantitative estimate of drug-likeness (QED) is 0.570. The van der Waals surface area contributed by atoms with Gasteiger partial charge in [0.15, 0.2) is 5.82 Å². The molecule has 0 saturated heterocycles. The monoisotopic (exact) mass is 296 g/mol. The van der Waals surface area contributed by atoms with E-state index in [9.17, 15) is 0 Å². The lowest BCUT2D eigenvalue weighted by Gasteiger charge is -2.07. The first-order valence-electron chi connectivity index (χ1n) is 6.66. The SMILES string of the molecule is Cc1cc(-c2nc(NN)cc(-c3ccccc3)n2)c(C)s1. The third kappa shape index (κ3) is 2.79. The second-order valence-corrected chi connectivity index (χ2v) is 6.26. The molecule has 0 radical (unpaired) electrons. The molecule has 106 valence electrons. The highest BCUT2D eigenvalue weighted by molar-refractivity contribution is 7.12. The molecule has 1 aromatic carbocycles. The Hall–Kier alpha value is -2.24. The third-order valence-electron chi connectivity index (χ3n) is 3.23. The van der Waals surface area contributed by atoms with Crippen LogP contribution in [0.15, 0.2) is 42.5 Å². The molecule has 0 saturated carbocycles. The lowest BCUT2D eigenvalue weighted by molar-refractivity contribution is 1.15. The van der Waals surface area contributed by atoms with Gasteiger partial charge in [-0.15, -0.1) is 11.3 Å². The predicted molar refractivity (Wildman–Crippen MR) is 88.1 cm³/mol.